The standard InChI is InChI=1S/C13H12F2N2OS/c1-7(18)13-11(16)5-12(19-13)17-6-8-2-3-9(14)4-10(8)15/h2-5,17H,6,16H2,1H3. The van der Waals surface area contributed by atoms with Crippen LogP contribution in [-0.4, -0.2) is 5.78 Å². The molecule has 2 rings (SSSR count). The minimum atomic E-state index is -0.611. The Morgan fingerprint density at radius 3 is 2.68 bits per heavy atom. The lowest BCUT2D eigenvalue weighted by Crippen LogP contribution is -2.00. The summed E-state index contributed by atoms with van der Waals surface area (Å²) in [5.74, 6) is -1.33. The molecule has 2 aromatic rings. The molecule has 0 atom stereocenters. The Bertz CT molecular complexity index is 625. The molecular weight excluding hydrogens is 270 g/mol. The molecule has 0 aliphatic rings. The molecule has 1 heterocycles. The van der Waals surface area contributed by atoms with Crippen LogP contribution in [-0.2, 0) is 6.54 Å². The van der Waals surface area contributed by atoms with E-state index in [2.05, 4.69) is 5.32 Å². The molecule has 0 spiro atoms. The van der Waals surface area contributed by atoms with E-state index < -0.39 is 11.6 Å². The fourth-order valence-corrected chi connectivity index (χ4v) is 2.49. The van der Waals surface area contributed by atoms with Crippen LogP contribution in [0.25, 0.3) is 0 Å². The maximum absolute atomic E-state index is 13.4. The Labute approximate surface area is 113 Å². The lowest BCUT2D eigenvalue weighted by Gasteiger charge is -2.04. The maximum atomic E-state index is 13.4. The third-order valence-electron chi connectivity index (χ3n) is 2.55. The first-order valence-electron chi connectivity index (χ1n) is 5.55. The molecule has 0 saturated heterocycles. The predicted octanol–water partition coefficient (Wildman–Crippen LogP) is 3.42. The van der Waals surface area contributed by atoms with E-state index >= 15 is 0 Å². The number of benzene rings is 1. The van der Waals surface area contributed by atoms with Crippen molar-refractivity contribution >= 4 is 27.8 Å². The van der Waals surface area contributed by atoms with Gasteiger partial charge in [0.05, 0.1) is 15.6 Å². The van der Waals surface area contributed by atoms with Gasteiger partial charge in [-0.25, -0.2) is 8.78 Å². The van der Waals surface area contributed by atoms with Gasteiger partial charge in [-0.05, 0) is 12.1 Å². The van der Waals surface area contributed by atoms with Crippen molar-refractivity contribution in [3.63, 3.8) is 0 Å². The second kappa shape index (κ2) is 5.36. The highest BCUT2D eigenvalue weighted by atomic mass is 32.1. The second-order valence-electron chi connectivity index (χ2n) is 4.04. The SMILES string of the molecule is CC(=O)c1sc(NCc2ccc(F)cc2F)cc1N. The van der Waals surface area contributed by atoms with Gasteiger partial charge in [0, 0.05) is 25.1 Å². The number of Topliss-reactive ketones (excluding diaryl/α,β-unsaturated/α-hetero) is 1. The molecule has 100 valence electrons. The van der Waals surface area contributed by atoms with E-state index in [9.17, 15) is 13.6 Å². The lowest BCUT2D eigenvalue weighted by atomic mass is 10.2. The molecule has 6 heteroatoms. The molecule has 3 N–H and O–H groups in total. The van der Waals surface area contributed by atoms with E-state index in [1.165, 1.54) is 30.4 Å². The second-order valence-corrected chi connectivity index (χ2v) is 5.09. The highest BCUT2D eigenvalue weighted by Gasteiger charge is 2.11. The predicted molar refractivity (Wildman–Crippen MR) is 72.4 cm³/mol. The molecule has 0 amide bonds. The van der Waals surface area contributed by atoms with Crippen molar-refractivity contribution in [3.05, 3.63) is 46.3 Å². The van der Waals surface area contributed by atoms with Gasteiger partial charge in [-0.3, -0.25) is 4.79 Å². The smallest absolute Gasteiger partial charge is 0.171 e. The number of nitrogens with two attached hydrogens (primary N) is 1. The number of hydrogen-bond acceptors (Lipinski definition) is 4. The molecule has 19 heavy (non-hydrogen) atoms. The van der Waals surface area contributed by atoms with Gasteiger partial charge in [0.2, 0.25) is 0 Å². The normalized spacial score (nSPS) is 10.5. The molecule has 0 unspecified atom stereocenters. The van der Waals surface area contributed by atoms with Crippen molar-refractivity contribution in [1.82, 2.24) is 0 Å². The summed E-state index contributed by atoms with van der Waals surface area (Å²) in [6.45, 7) is 1.63. The van der Waals surface area contributed by atoms with Gasteiger partial charge in [0.1, 0.15) is 11.6 Å². The summed E-state index contributed by atoms with van der Waals surface area (Å²) in [5.41, 5.74) is 6.43. The average Bonchev–Trinajstić information content (AvgIpc) is 2.69. The Balaban J connectivity index is 2.10. The van der Waals surface area contributed by atoms with E-state index in [1.807, 2.05) is 0 Å². The van der Waals surface area contributed by atoms with Crippen molar-refractivity contribution in [2.24, 2.45) is 0 Å². The van der Waals surface area contributed by atoms with Gasteiger partial charge in [-0.15, -0.1) is 11.3 Å². The van der Waals surface area contributed by atoms with Crippen LogP contribution in [0.5, 0.6) is 0 Å². The molecule has 0 aliphatic carbocycles. The van der Waals surface area contributed by atoms with Gasteiger partial charge in [0.25, 0.3) is 0 Å². The van der Waals surface area contributed by atoms with Crippen LogP contribution < -0.4 is 11.1 Å². The van der Waals surface area contributed by atoms with E-state index in [-0.39, 0.29) is 12.3 Å². The van der Waals surface area contributed by atoms with Gasteiger partial charge in [0.15, 0.2) is 5.78 Å². The molecule has 1 aromatic heterocycles. The lowest BCUT2D eigenvalue weighted by molar-refractivity contribution is 0.102. The molecule has 3 nitrogen and oxygen atoms in total. The monoisotopic (exact) mass is 282 g/mol. The number of thiophene rings is 1. The van der Waals surface area contributed by atoms with E-state index in [0.717, 1.165) is 6.07 Å². The molecule has 1 aromatic carbocycles. The summed E-state index contributed by atoms with van der Waals surface area (Å²) in [5, 5.41) is 3.63. The average molecular weight is 282 g/mol. The summed E-state index contributed by atoms with van der Waals surface area (Å²) in [6, 6.07) is 5.04. The van der Waals surface area contributed by atoms with Crippen LogP contribution in [0.1, 0.15) is 22.2 Å². The van der Waals surface area contributed by atoms with Crippen LogP contribution in [0.4, 0.5) is 19.5 Å². The van der Waals surface area contributed by atoms with E-state index in [1.54, 1.807) is 6.07 Å². The van der Waals surface area contributed by atoms with Crippen molar-refractivity contribution < 1.29 is 13.6 Å². The summed E-state index contributed by atoms with van der Waals surface area (Å²) in [4.78, 5) is 11.7. The van der Waals surface area contributed by atoms with Crippen molar-refractivity contribution in [1.29, 1.82) is 0 Å². The molecular formula is C13H12F2N2OS. The third kappa shape index (κ3) is 3.08. The van der Waals surface area contributed by atoms with Gasteiger partial charge >= 0.3 is 0 Å². The van der Waals surface area contributed by atoms with Crippen LogP contribution in [0.15, 0.2) is 24.3 Å². The Morgan fingerprint density at radius 1 is 1.37 bits per heavy atom. The zero-order chi connectivity index (χ0) is 14.0. The summed E-state index contributed by atoms with van der Waals surface area (Å²) in [6.07, 6.45) is 0. The first kappa shape index (κ1) is 13.5. The maximum Gasteiger partial charge on any atom is 0.171 e. The topological polar surface area (TPSA) is 55.1 Å². The van der Waals surface area contributed by atoms with Crippen LogP contribution in [0.3, 0.4) is 0 Å². The largest absolute Gasteiger partial charge is 0.397 e. The minimum absolute atomic E-state index is 0.108. The minimum Gasteiger partial charge on any atom is -0.397 e. The van der Waals surface area contributed by atoms with Crippen LogP contribution >= 0.6 is 11.3 Å². The zero-order valence-corrected chi connectivity index (χ0v) is 11.0. The fourth-order valence-electron chi connectivity index (χ4n) is 1.61. The highest BCUT2D eigenvalue weighted by molar-refractivity contribution is 7.18. The molecule has 0 fully saturated rings. The first-order chi connectivity index (χ1) is 8.97. The first-order valence-corrected chi connectivity index (χ1v) is 6.37. The number of carbonyl (C=O) groups is 1. The number of nitrogen functional groups attached to an aromatic ring is 1. The Hall–Kier alpha value is -1.95. The summed E-state index contributed by atoms with van der Waals surface area (Å²) < 4.78 is 26.2. The number of anilines is 2. The van der Waals surface area contributed by atoms with Gasteiger partial charge < -0.3 is 11.1 Å². The fraction of sp³-hybridized carbons (Fsp3) is 0.154. The summed E-state index contributed by atoms with van der Waals surface area (Å²) in [7, 11) is 0. The van der Waals surface area contributed by atoms with Crippen LogP contribution in [0.2, 0.25) is 0 Å². The Morgan fingerprint density at radius 2 is 2.11 bits per heavy atom. The van der Waals surface area contributed by atoms with Crippen molar-refractivity contribution in [2.45, 2.75) is 13.5 Å². The molecule has 0 radical (unpaired) electrons. The van der Waals surface area contributed by atoms with Crippen LogP contribution in [0, 0.1) is 11.6 Å². The molecule has 0 bridgehead atoms. The zero-order valence-electron chi connectivity index (χ0n) is 10.2. The van der Waals surface area contributed by atoms with Gasteiger partial charge in [-0.2, -0.15) is 0 Å². The number of nitrogens with one attached hydrogen (secondary N) is 1. The molecule has 0 aliphatic heterocycles. The summed E-state index contributed by atoms with van der Waals surface area (Å²) >= 11 is 1.21. The number of ketones is 1. The van der Waals surface area contributed by atoms with E-state index in [0.29, 0.717) is 21.1 Å². The quantitative estimate of drug-likeness (QED) is 0.845. The van der Waals surface area contributed by atoms with E-state index in [4.69, 9.17) is 5.73 Å². The van der Waals surface area contributed by atoms with Gasteiger partial charge in [-0.1, -0.05) is 6.07 Å². The number of halogens is 2. The number of rotatable bonds is 4. The number of hydrogen-bond donors (Lipinski definition) is 2. The van der Waals surface area contributed by atoms with Crippen molar-refractivity contribution in [2.75, 3.05) is 11.1 Å². The molecule has 0 saturated carbocycles. The third-order valence-corrected chi connectivity index (χ3v) is 3.76. The highest BCUT2D eigenvalue weighted by Crippen LogP contribution is 2.29. The number of carbonyl (C=O) groups excluding carboxylic acids is 1. The Kier molecular flexibility index (Phi) is 3.80. The van der Waals surface area contributed by atoms with Crippen molar-refractivity contribution in [3.8, 4) is 0 Å².